The third kappa shape index (κ3) is 2.85. The van der Waals surface area contributed by atoms with Crippen molar-refractivity contribution in [2.45, 2.75) is 0 Å². The fourth-order valence-electron chi connectivity index (χ4n) is 3.61. The lowest BCUT2D eigenvalue weighted by Crippen LogP contribution is -2.04. The molecule has 0 saturated heterocycles. The number of hydrogen-bond donors (Lipinski definition) is 2. The van der Waals surface area contributed by atoms with Crippen LogP contribution in [0.5, 0.6) is 0 Å². The number of fused-ring (bicyclic) bond motifs is 2. The van der Waals surface area contributed by atoms with E-state index in [9.17, 15) is 0 Å². The topological polar surface area (TPSA) is 53.2 Å². The second-order valence-corrected chi connectivity index (χ2v) is 6.74. The molecular weight excluding hydrogens is 346 g/mol. The van der Waals surface area contributed by atoms with Gasteiger partial charge in [0.1, 0.15) is 12.8 Å². The van der Waals surface area contributed by atoms with Crippen molar-refractivity contribution in [3.05, 3.63) is 96.2 Å². The van der Waals surface area contributed by atoms with Crippen LogP contribution in [-0.2, 0) is 4.84 Å². The Morgan fingerprint density at radius 3 is 2.18 bits per heavy atom. The van der Waals surface area contributed by atoms with Gasteiger partial charge in [0.15, 0.2) is 0 Å². The highest BCUT2D eigenvalue weighted by molar-refractivity contribution is 6.14. The molecular formula is C24H19N3O. The van der Waals surface area contributed by atoms with Crippen molar-refractivity contribution < 1.29 is 4.84 Å². The summed E-state index contributed by atoms with van der Waals surface area (Å²) in [5.74, 6) is 0. The molecule has 4 nitrogen and oxygen atoms in total. The zero-order valence-corrected chi connectivity index (χ0v) is 15.4. The Morgan fingerprint density at radius 2 is 1.46 bits per heavy atom. The molecule has 0 aliphatic heterocycles. The molecule has 28 heavy (non-hydrogen) atoms. The number of H-pyrrole nitrogens is 2. The Balaban J connectivity index is 1.60. The van der Waals surface area contributed by atoms with Crippen molar-refractivity contribution in [3.8, 4) is 11.3 Å². The molecule has 0 saturated carbocycles. The molecule has 5 aromatic rings. The Kier molecular flexibility index (Phi) is 3.95. The van der Waals surface area contributed by atoms with E-state index in [0.29, 0.717) is 0 Å². The van der Waals surface area contributed by atoms with E-state index in [0.717, 1.165) is 44.6 Å². The molecule has 0 aliphatic rings. The molecule has 0 spiro atoms. The average molecular weight is 365 g/mol. The quantitative estimate of drug-likeness (QED) is 0.311. The SMILES string of the molecule is CO/N=C(/c1cccc(-c2cc3ccccc3[nH]2)c1)c1cc2ccccc2[nH]1. The molecule has 0 bridgehead atoms. The summed E-state index contributed by atoms with van der Waals surface area (Å²) in [5.41, 5.74) is 7.08. The predicted octanol–water partition coefficient (Wildman–Crippen LogP) is 5.72. The maximum Gasteiger partial charge on any atom is 0.133 e. The Labute approximate surface area is 162 Å². The van der Waals surface area contributed by atoms with Gasteiger partial charge in [-0.1, -0.05) is 59.8 Å². The van der Waals surface area contributed by atoms with Crippen LogP contribution in [0.25, 0.3) is 33.1 Å². The molecule has 2 heterocycles. The van der Waals surface area contributed by atoms with E-state index in [1.807, 2.05) is 24.3 Å². The Hall–Kier alpha value is -3.79. The highest BCUT2D eigenvalue weighted by Crippen LogP contribution is 2.26. The number of para-hydroxylation sites is 2. The van der Waals surface area contributed by atoms with Gasteiger partial charge in [0.2, 0.25) is 0 Å². The fourth-order valence-corrected chi connectivity index (χ4v) is 3.61. The van der Waals surface area contributed by atoms with Crippen LogP contribution in [0.1, 0.15) is 11.3 Å². The maximum atomic E-state index is 5.16. The van der Waals surface area contributed by atoms with E-state index in [-0.39, 0.29) is 0 Å². The summed E-state index contributed by atoms with van der Waals surface area (Å²) in [6.07, 6.45) is 0. The molecule has 0 fully saturated rings. The first-order valence-corrected chi connectivity index (χ1v) is 9.20. The highest BCUT2D eigenvalue weighted by atomic mass is 16.6. The van der Waals surface area contributed by atoms with Crippen LogP contribution in [0.3, 0.4) is 0 Å². The Morgan fingerprint density at radius 1 is 0.750 bits per heavy atom. The summed E-state index contributed by atoms with van der Waals surface area (Å²) >= 11 is 0. The number of oxime groups is 1. The molecule has 0 amide bonds. The van der Waals surface area contributed by atoms with Crippen LogP contribution in [0.15, 0.2) is 90.1 Å². The van der Waals surface area contributed by atoms with E-state index in [2.05, 4.69) is 75.8 Å². The van der Waals surface area contributed by atoms with Crippen molar-refractivity contribution in [1.29, 1.82) is 0 Å². The van der Waals surface area contributed by atoms with Crippen LogP contribution >= 0.6 is 0 Å². The summed E-state index contributed by atoms with van der Waals surface area (Å²) in [6.45, 7) is 0. The summed E-state index contributed by atoms with van der Waals surface area (Å²) in [5, 5.41) is 6.66. The molecule has 2 N–H and O–H groups in total. The molecule has 5 rings (SSSR count). The van der Waals surface area contributed by atoms with Crippen molar-refractivity contribution in [1.82, 2.24) is 9.97 Å². The third-order valence-electron chi connectivity index (χ3n) is 4.94. The minimum atomic E-state index is 0.775. The van der Waals surface area contributed by atoms with E-state index >= 15 is 0 Å². The van der Waals surface area contributed by atoms with Gasteiger partial charge < -0.3 is 14.8 Å². The first kappa shape index (κ1) is 16.4. The normalized spacial score (nSPS) is 12.0. The third-order valence-corrected chi connectivity index (χ3v) is 4.94. The zero-order valence-electron chi connectivity index (χ0n) is 15.4. The lowest BCUT2D eigenvalue weighted by molar-refractivity contribution is 0.214. The van der Waals surface area contributed by atoms with Crippen LogP contribution in [-0.4, -0.2) is 22.8 Å². The van der Waals surface area contributed by atoms with Crippen LogP contribution in [0.2, 0.25) is 0 Å². The standard InChI is InChI=1S/C24H19N3O/c1-28-27-24(23-15-18-8-3-5-12-21(18)26-23)19-10-6-9-16(13-19)22-14-17-7-2-4-11-20(17)25-22/h2-15,25-26H,1H3/b27-24-. The smallest absolute Gasteiger partial charge is 0.133 e. The van der Waals surface area contributed by atoms with Gasteiger partial charge in [0.05, 0.1) is 5.69 Å². The lowest BCUT2D eigenvalue weighted by atomic mass is 10.0. The molecule has 0 aliphatic carbocycles. The second kappa shape index (κ2) is 6.74. The van der Waals surface area contributed by atoms with Crippen molar-refractivity contribution in [2.24, 2.45) is 5.16 Å². The van der Waals surface area contributed by atoms with E-state index in [4.69, 9.17) is 4.84 Å². The van der Waals surface area contributed by atoms with Gasteiger partial charge in [0.25, 0.3) is 0 Å². The van der Waals surface area contributed by atoms with Crippen LogP contribution in [0.4, 0.5) is 0 Å². The number of nitrogens with one attached hydrogen (secondary N) is 2. The van der Waals surface area contributed by atoms with Crippen LogP contribution < -0.4 is 0 Å². The van der Waals surface area contributed by atoms with Gasteiger partial charge in [-0.25, -0.2) is 0 Å². The summed E-state index contributed by atoms with van der Waals surface area (Å²) in [4.78, 5) is 12.1. The number of hydrogen-bond acceptors (Lipinski definition) is 2. The number of rotatable bonds is 4. The van der Waals surface area contributed by atoms with Gasteiger partial charge in [0, 0.05) is 33.1 Å². The maximum absolute atomic E-state index is 5.16. The molecule has 4 heteroatoms. The van der Waals surface area contributed by atoms with E-state index in [1.54, 1.807) is 7.11 Å². The van der Waals surface area contributed by atoms with E-state index in [1.165, 1.54) is 5.39 Å². The Bertz CT molecular complexity index is 1240. The predicted molar refractivity (Wildman–Crippen MR) is 115 cm³/mol. The van der Waals surface area contributed by atoms with Gasteiger partial charge in [-0.15, -0.1) is 0 Å². The van der Waals surface area contributed by atoms with Gasteiger partial charge in [-0.2, -0.15) is 0 Å². The van der Waals surface area contributed by atoms with Gasteiger partial charge in [-0.3, -0.25) is 0 Å². The monoisotopic (exact) mass is 365 g/mol. The van der Waals surface area contributed by atoms with Crippen molar-refractivity contribution >= 4 is 27.5 Å². The first-order chi connectivity index (χ1) is 13.8. The van der Waals surface area contributed by atoms with E-state index < -0.39 is 0 Å². The van der Waals surface area contributed by atoms with Crippen molar-refractivity contribution in [3.63, 3.8) is 0 Å². The molecule has 2 aromatic heterocycles. The van der Waals surface area contributed by atoms with Crippen molar-refractivity contribution in [2.75, 3.05) is 7.11 Å². The fraction of sp³-hybridized carbons (Fsp3) is 0.0417. The molecule has 3 aromatic carbocycles. The number of benzene rings is 3. The lowest BCUT2D eigenvalue weighted by Gasteiger charge is -2.06. The molecule has 0 radical (unpaired) electrons. The first-order valence-electron chi connectivity index (χ1n) is 9.20. The molecule has 136 valence electrons. The summed E-state index contributed by atoms with van der Waals surface area (Å²) in [7, 11) is 1.57. The largest absolute Gasteiger partial charge is 0.399 e. The molecule has 0 unspecified atom stereocenters. The number of nitrogens with zero attached hydrogens (tertiary/aromatic N) is 1. The van der Waals surface area contributed by atoms with Crippen LogP contribution in [0, 0.1) is 0 Å². The number of aromatic amines is 2. The summed E-state index contributed by atoms with van der Waals surface area (Å²) < 4.78 is 0. The summed E-state index contributed by atoms with van der Waals surface area (Å²) in [6, 6.07) is 29.1. The second-order valence-electron chi connectivity index (χ2n) is 6.74. The number of aromatic nitrogens is 2. The average Bonchev–Trinajstić information content (AvgIpc) is 3.36. The minimum absolute atomic E-state index is 0.775. The minimum Gasteiger partial charge on any atom is -0.399 e. The highest BCUT2D eigenvalue weighted by Gasteiger charge is 2.13. The van der Waals surface area contributed by atoms with Gasteiger partial charge >= 0.3 is 0 Å². The molecule has 0 atom stereocenters. The zero-order chi connectivity index (χ0) is 18.9. The van der Waals surface area contributed by atoms with Gasteiger partial charge in [-0.05, 0) is 35.9 Å².